The Morgan fingerprint density at radius 3 is 3.31 bits per heavy atom. The van der Waals surface area contributed by atoms with Gasteiger partial charge in [-0.25, -0.2) is 9.67 Å². The third-order valence-electron chi connectivity index (χ3n) is 1.43. The van der Waals surface area contributed by atoms with Crippen molar-refractivity contribution in [2.24, 2.45) is 0 Å². The zero-order valence-electron chi connectivity index (χ0n) is 11.5. The highest BCUT2D eigenvalue weighted by Gasteiger charge is 1.98. The third-order valence-corrected chi connectivity index (χ3v) is 1.87. The molecule has 2 aromatic heterocycles. The lowest BCUT2D eigenvalue weighted by Crippen LogP contribution is -1.94. The summed E-state index contributed by atoms with van der Waals surface area (Å²) < 4.78 is 38.9. The summed E-state index contributed by atoms with van der Waals surface area (Å²) in [6.07, 6.45) is 0.783. The van der Waals surface area contributed by atoms with E-state index in [0.717, 1.165) is 4.68 Å². The molecule has 0 aliphatic carbocycles. The lowest BCUT2D eigenvalue weighted by Gasteiger charge is -1.99. The molecule has 3 nitrogen and oxygen atoms in total. The van der Waals surface area contributed by atoms with Crippen LogP contribution in [0.1, 0.15) is 12.4 Å². The molecule has 2 heterocycles. The van der Waals surface area contributed by atoms with Crippen molar-refractivity contribution in [1.29, 1.82) is 0 Å². The maximum atomic E-state index is 7.82. The molecule has 0 unspecified atom stereocenters. The number of pyridine rings is 1. The monoisotopic (exact) mass is 242 g/mol. The van der Waals surface area contributed by atoms with Crippen LogP contribution in [0.3, 0.4) is 0 Å². The molecule has 0 N–H and O–H groups in total. The van der Waals surface area contributed by atoms with Gasteiger partial charge < -0.3 is 0 Å². The number of aromatic nitrogens is 3. The Balaban J connectivity index is 2.61. The largest absolute Gasteiger partial charge is 0.249 e. The number of hydrogen-bond acceptors (Lipinski definition) is 2. The summed E-state index contributed by atoms with van der Waals surface area (Å²) in [5.74, 6) is 0. The first-order valence-corrected chi connectivity index (χ1v) is 4.28. The normalized spacial score (nSPS) is 16.8. The molecule has 0 fully saturated rings. The minimum absolute atomic E-state index is 0.307. The number of hydrogen-bond donors (Lipinski definition) is 0. The van der Waals surface area contributed by atoms with E-state index >= 15 is 0 Å². The zero-order valence-corrected chi connectivity index (χ0v) is 8.04. The molecule has 13 heavy (non-hydrogen) atoms. The van der Waals surface area contributed by atoms with Gasteiger partial charge in [0, 0.05) is 16.5 Å². The van der Waals surface area contributed by atoms with Crippen molar-refractivity contribution in [3.05, 3.63) is 40.8 Å². The minimum atomic E-state index is -2.52. The van der Waals surface area contributed by atoms with Crippen LogP contribution in [0.25, 0.3) is 5.69 Å². The van der Waals surface area contributed by atoms with E-state index in [0.29, 0.717) is 10.3 Å². The second-order valence-electron chi connectivity index (χ2n) is 2.35. The third kappa shape index (κ3) is 1.78. The average Bonchev–Trinajstić information content (AvgIpc) is 2.53. The fraction of sp³-hybridized carbons (Fsp3) is 0.111. The lowest BCUT2D eigenvalue weighted by molar-refractivity contribution is 0.876. The second-order valence-corrected chi connectivity index (χ2v) is 3.16. The summed E-state index contributed by atoms with van der Waals surface area (Å²) in [6, 6.07) is 3.17. The van der Waals surface area contributed by atoms with Gasteiger partial charge in [0.25, 0.3) is 0 Å². The topological polar surface area (TPSA) is 30.7 Å². The first-order valence-electron chi connectivity index (χ1n) is 5.99. The van der Waals surface area contributed by atoms with E-state index in [2.05, 4.69) is 26.0 Å². The zero-order chi connectivity index (χ0) is 13.5. The highest BCUT2D eigenvalue weighted by atomic mass is 79.9. The van der Waals surface area contributed by atoms with E-state index in [1.54, 1.807) is 12.1 Å². The summed E-state index contributed by atoms with van der Waals surface area (Å²) in [5, 5.41) is 3.78. The van der Waals surface area contributed by atoms with Crippen molar-refractivity contribution in [3.63, 3.8) is 0 Å². The molecule has 0 saturated carbocycles. The second kappa shape index (κ2) is 3.30. The Labute approximate surface area is 91.6 Å². The highest BCUT2D eigenvalue weighted by Crippen LogP contribution is 2.12. The van der Waals surface area contributed by atoms with Crippen molar-refractivity contribution < 1.29 is 6.85 Å². The smallest absolute Gasteiger partial charge is 0.108 e. The number of nitrogens with zero attached hydrogens (tertiary/aromatic N) is 3. The Bertz CT molecular complexity index is 592. The first-order chi connectivity index (χ1) is 8.30. The van der Waals surface area contributed by atoms with Crippen molar-refractivity contribution in [2.75, 3.05) is 0 Å². The molecule has 66 valence electrons. The predicted octanol–water partition coefficient (Wildman–Crippen LogP) is 2.34. The maximum Gasteiger partial charge on any atom is 0.108 e. The molecule has 0 bridgehead atoms. The lowest BCUT2D eigenvalue weighted by atomic mass is 10.4. The van der Waals surface area contributed by atoms with E-state index < -0.39 is 13.0 Å². The van der Waals surface area contributed by atoms with Crippen molar-refractivity contribution in [2.45, 2.75) is 6.85 Å². The van der Waals surface area contributed by atoms with Crippen LogP contribution in [0.5, 0.6) is 0 Å². The van der Waals surface area contributed by atoms with Gasteiger partial charge in [-0.3, -0.25) is 0 Å². The Morgan fingerprint density at radius 2 is 2.62 bits per heavy atom. The number of rotatable bonds is 1. The molecular weight excluding hydrogens is 230 g/mol. The van der Waals surface area contributed by atoms with E-state index in [1.165, 1.54) is 6.20 Å². The molecule has 0 spiro atoms. The fourth-order valence-electron chi connectivity index (χ4n) is 0.902. The molecule has 4 heteroatoms. The molecule has 0 saturated heterocycles. The summed E-state index contributed by atoms with van der Waals surface area (Å²) in [6.45, 7) is -2.52. The van der Waals surface area contributed by atoms with Crippen LogP contribution in [0.15, 0.2) is 35.3 Å². The van der Waals surface area contributed by atoms with Crippen LogP contribution in [0.4, 0.5) is 0 Å². The van der Waals surface area contributed by atoms with E-state index in [4.69, 9.17) is 6.85 Å². The van der Waals surface area contributed by atoms with E-state index in [9.17, 15) is 0 Å². The summed E-state index contributed by atoms with van der Waals surface area (Å²) in [4.78, 5) is 3.93. The molecule has 0 radical (unpaired) electrons. The van der Waals surface area contributed by atoms with Crippen LogP contribution < -0.4 is 0 Å². The summed E-state index contributed by atoms with van der Waals surface area (Å²) >= 11 is 3.18. The fourth-order valence-corrected chi connectivity index (χ4v) is 1.25. The van der Waals surface area contributed by atoms with Gasteiger partial charge >= 0.3 is 0 Å². The highest BCUT2D eigenvalue weighted by molar-refractivity contribution is 9.10. The Hall–Kier alpha value is -1.16. The van der Waals surface area contributed by atoms with Crippen LogP contribution in [0.2, 0.25) is 0 Å². The van der Waals surface area contributed by atoms with Crippen molar-refractivity contribution >= 4 is 15.9 Å². The van der Waals surface area contributed by atoms with Crippen molar-refractivity contribution in [3.8, 4) is 5.69 Å². The molecule has 0 amide bonds. The Morgan fingerprint density at radius 1 is 1.69 bits per heavy atom. The average molecular weight is 243 g/mol. The van der Waals surface area contributed by atoms with Gasteiger partial charge in [0.2, 0.25) is 0 Å². The van der Waals surface area contributed by atoms with Crippen LogP contribution in [0, 0.1) is 6.85 Å². The quantitative estimate of drug-likeness (QED) is 0.719. The minimum Gasteiger partial charge on any atom is -0.249 e. The van der Waals surface area contributed by atoms with Crippen LogP contribution in [-0.2, 0) is 0 Å². The van der Waals surface area contributed by atoms with E-state index in [-0.39, 0.29) is 11.7 Å². The molecule has 0 aromatic carbocycles. The van der Waals surface area contributed by atoms with Gasteiger partial charge in [-0.1, -0.05) is 0 Å². The number of halogens is 1. The Kier molecular flexibility index (Phi) is 1.11. The van der Waals surface area contributed by atoms with Crippen LogP contribution in [-0.4, -0.2) is 14.8 Å². The molecule has 0 atom stereocenters. The van der Waals surface area contributed by atoms with Gasteiger partial charge in [-0.2, -0.15) is 5.10 Å². The first kappa shape index (κ1) is 4.37. The summed E-state index contributed by atoms with van der Waals surface area (Å²) in [5.41, 5.74) is 0.126. The van der Waals surface area contributed by atoms with E-state index in [1.807, 2.05) is 0 Å². The molecule has 0 aliphatic heterocycles. The van der Waals surface area contributed by atoms with Crippen molar-refractivity contribution in [1.82, 2.24) is 14.8 Å². The van der Waals surface area contributed by atoms with Gasteiger partial charge in [0.05, 0.1) is 14.6 Å². The SMILES string of the molecule is [2H]c1nn(-c2ccnc(Br)c2)c([2H])c1C([2H])([2H])[2H]. The van der Waals surface area contributed by atoms with Gasteiger partial charge in [0.15, 0.2) is 0 Å². The van der Waals surface area contributed by atoms with Gasteiger partial charge in [-0.05, 0) is 40.5 Å². The van der Waals surface area contributed by atoms with Gasteiger partial charge in [0.1, 0.15) is 4.60 Å². The predicted molar refractivity (Wildman–Crippen MR) is 53.8 cm³/mol. The van der Waals surface area contributed by atoms with Gasteiger partial charge in [-0.15, -0.1) is 0 Å². The standard InChI is InChI=1S/C9H8BrN3/c1-7-5-12-13(6-7)8-2-3-11-9(10)4-8/h2-6H,1H3/i1D3,5D,6D. The molecule has 0 aliphatic rings. The molecular formula is C9H8BrN3. The van der Waals surface area contributed by atoms with Crippen LogP contribution >= 0.6 is 15.9 Å². The maximum absolute atomic E-state index is 7.82. The molecule has 2 rings (SSSR count). The molecule has 2 aromatic rings. The summed E-state index contributed by atoms with van der Waals surface area (Å²) in [7, 11) is 0.